The minimum absolute atomic E-state index is 0.00150. The summed E-state index contributed by atoms with van der Waals surface area (Å²) >= 11 is 0. The first kappa shape index (κ1) is 17.3. The van der Waals surface area contributed by atoms with Gasteiger partial charge in [0.25, 0.3) is 0 Å². The fraction of sp³-hybridized carbons (Fsp3) is 0.810. The third-order valence-corrected chi connectivity index (χ3v) is 8.29. The van der Waals surface area contributed by atoms with E-state index < -0.39 is 11.0 Å². The number of ether oxygens (including phenoxy) is 1. The molecule has 4 nitrogen and oxygen atoms in total. The molecule has 0 radical (unpaired) electrons. The molecule has 4 aliphatic carbocycles. The molecule has 0 bridgehead atoms. The summed E-state index contributed by atoms with van der Waals surface area (Å²) < 4.78 is 5.47. The van der Waals surface area contributed by atoms with Crippen LogP contribution in [0.3, 0.4) is 0 Å². The normalized spacial score (nSPS) is 48.9. The number of rotatable bonds is 1. The van der Waals surface area contributed by atoms with Gasteiger partial charge in [0, 0.05) is 19.8 Å². The largest absolute Gasteiger partial charge is 0.462 e. The Labute approximate surface area is 150 Å². The van der Waals surface area contributed by atoms with Crippen molar-refractivity contribution in [3.8, 4) is 0 Å². The molecular weight excluding hydrogens is 316 g/mol. The standard InChI is InChI=1S/C21H30O4/c1-13(22)25-15-6-9-19(2)14(12-15)4-5-17-16(19)7-10-20(3)18(23)8-11-21(17,20)24/h4,15-17,24H,5-12H2,1-3H3/t15-,16-,17+,19-,20+,21+/m0/s1. The van der Waals surface area contributed by atoms with Gasteiger partial charge in [-0.1, -0.05) is 18.6 Å². The van der Waals surface area contributed by atoms with Crippen LogP contribution in [0.1, 0.15) is 72.1 Å². The molecule has 3 fully saturated rings. The second-order valence-corrected chi connectivity index (χ2v) is 9.29. The van der Waals surface area contributed by atoms with Gasteiger partial charge in [0.15, 0.2) is 0 Å². The van der Waals surface area contributed by atoms with Crippen LogP contribution in [0.4, 0.5) is 0 Å². The lowest BCUT2D eigenvalue weighted by atomic mass is 9.46. The van der Waals surface area contributed by atoms with Crippen LogP contribution in [0.25, 0.3) is 0 Å². The number of Topliss-reactive ketones (excluding diaryl/α,β-unsaturated/α-hetero) is 1. The lowest BCUT2D eigenvalue weighted by Crippen LogP contribution is -2.60. The number of fused-ring (bicyclic) bond motifs is 5. The van der Waals surface area contributed by atoms with E-state index in [1.165, 1.54) is 12.5 Å². The lowest BCUT2D eigenvalue weighted by Gasteiger charge is -2.59. The molecule has 4 rings (SSSR count). The third-order valence-electron chi connectivity index (χ3n) is 8.29. The third kappa shape index (κ3) is 2.22. The number of aliphatic hydroxyl groups is 1. The summed E-state index contributed by atoms with van der Waals surface area (Å²) in [5.74, 6) is 0.661. The van der Waals surface area contributed by atoms with E-state index in [0.717, 1.165) is 38.5 Å². The molecule has 138 valence electrons. The zero-order valence-corrected chi connectivity index (χ0v) is 15.6. The van der Waals surface area contributed by atoms with E-state index in [0.29, 0.717) is 18.8 Å². The van der Waals surface area contributed by atoms with E-state index in [-0.39, 0.29) is 29.2 Å². The maximum Gasteiger partial charge on any atom is 0.302 e. The lowest BCUT2D eigenvalue weighted by molar-refractivity contribution is -0.175. The molecule has 0 heterocycles. The van der Waals surface area contributed by atoms with Gasteiger partial charge in [-0.05, 0) is 62.7 Å². The number of hydrogen-bond acceptors (Lipinski definition) is 4. The second kappa shape index (κ2) is 5.42. The highest BCUT2D eigenvalue weighted by molar-refractivity contribution is 5.88. The SMILES string of the molecule is CC(=O)O[C@H]1CC[C@@]2(C)C(=CC[C@@H]3[C@@H]2CC[C@]2(C)C(=O)CC[C@@]32O)C1. The molecule has 0 aromatic rings. The van der Waals surface area contributed by atoms with Crippen molar-refractivity contribution in [3.63, 3.8) is 0 Å². The predicted molar refractivity (Wildman–Crippen MR) is 93.7 cm³/mol. The van der Waals surface area contributed by atoms with Crippen LogP contribution in [0.15, 0.2) is 11.6 Å². The van der Waals surface area contributed by atoms with Crippen LogP contribution in [0, 0.1) is 22.7 Å². The van der Waals surface area contributed by atoms with Crippen LogP contribution in [-0.4, -0.2) is 28.6 Å². The van der Waals surface area contributed by atoms with Gasteiger partial charge < -0.3 is 9.84 Å². The van der Waals surface area contributed by atoms with Crippen molar-refractivity contribution in [1.82, 2.24) is 0 Å². The molecule has 0 aliphatic heterocycles. The molecule has 0 amide bonds. The number of carbonyl (C=O) groups excluding carboxylic acids is 2. The number of hydrogen-bond donors (Lipinski definition) is 1. The van der Waals surface area contributed by atoms with Crippen LogP contribution >= 0.6 is 0 Å². The molecule has 0 aromatic carbocycles. The van der Waals surface area contributed by atoms with Crippen molar-refractivity contribution in [1.29, 1.82) is 0 Å². The van der Waals surface area contributed by atoms with Gasteiger partial charge in [0.2, 0.25) is 0 Å². The van der Waals surface area contributed by atoms with E-state index in [1.807, 2.05) is 6.92 Å². The Morgan fingerprint density at radius 2 is 1.96 bits per heavy atom. The van der Waals surface area contributed by atoms with Gasteiger partial charge in [-0.15, -0.1) is 0 Å². The summed E-state index contributed by atoms with van der Waals surface area (Å²) in [5.41, 5.74) is 0.0838. The maximum atomic E-state index is 12.5. The molecule has 0 unspecified atom stereocenters. The Morgan fingerprint density at radius 3 is 2.68 bits per heavy atom. The Balaban J connectivity index is 1.65. The summed E-state index contributed by atoms with van der Waals surface area (Å²) in [6, 6.07) is 0. The van der Waals surface area contributed by atoms with Crippen molar-refractivity contribution in [2.75, 3.05) is 0 Å². The van der Waals surface area contributed by atoms with Crippen LogP contribution in [-0.2, 0) is 14.3 Å². The molecule has 25 heavy (non-hydrogen) atoms. The average molecular weight is 346 g/mol. The zero-order chi connectivity index (χ0) is 18.0. The number of carbonyl (C=O) groups is 2. The van der Waals surface area contributed by atoms with Crippen molar-refractivity contribution in [2.24, 2.45) is 22.7 Å². The van der Waals surface area contributed by atoms with Crippen molar-refractivity contribution >= 4 is 11.8 Å². The number of ketones is 1. The van der Waals surface area contributed by atoms with Crippen molar-refractivity contribution in [3.05, 3.63) is 11.6 Å². The Hall–Kier alpha value is -1.16. The highest BCUT2D eigenvalue weighted by Gasteiger charge is 2.66. The van der Waals surface area contributed by atoms with Gasteiger partial charge in [-0.3, -0.25) is 9.59 Å². The van der Waals surface area contributed by atoms with E-state index in [1.54, 1.807) is 0 Å². The van der Waals surface area contributed by atoms with E-state index >= 15 is 0 Å². The number of esters is 1. The quantitative estimate of drug-likeness (QED) is 0.582. The highest BCUT2D eigenvalue weighted by atomic mass is 16.5. The van der Waals surface area contributed by atoms with Gasteiger partial charge in [0.05, 0.1) is 11.0 Å². The molecule has 4 heteroatoms. The highest BCUT2D eigenvalue weighted by Crippen LogP contribution is 2.65. The summed E-state index contributed by atoms with van der Waals surface area (Å²) in [5, 5.41) is 11.6. The van der Waals surface area contributed by atoms with Gasteiger partial charge in [-0.25, -0.2) is 0 Å². The van der Waals surface area contributed by atoms with Crippen LogP contribution in [0.2, 0.25) is 0 Å². The minimum Gasteiger partial charge on any atom is -0.462 e. The molecule has 1 N–H and O–H groups in total. The van der Waals surface area contributed by atoms with Crippen LogP contribution < -0.4 is 0 Å². The minimum atomic E-state index is -0.842. The number of allylic oxidation sites excluding steroid dienone is 1. The maximum absolute atomic E-state index is 12.5. The molecule has 4 aliphatic rings. The molecule has 0 aromatic heterocycles. The Morgan fingerprint density at radius 1 is 1.20 bits per heavy atom. The van der Waals surface area contributed by atoms with E-state index in [9.17, 15) is 14.7 Å². The zero-order valence-electron chi connectivity index (χ0n) is 15.6. The fourth-order valence-corrected chi connectivity index (χ4v) is 6.69. The topological polar surface area (TPSA) is 63.6 Å². The molecule has 0 saturated heterocycles. The second-order valence-electron chi connectivity index (χ2n) is 9.29. The molecule has 3 saturated carbocycles. The Kier molecular flexibility index (Phi) is 3.74. The van der Waals surface area contributed by atoms with Crippen molar-refractivity contribution < 1.29 is 19.4 Å². The van der Waals surface area contributed by atoms with Gasteiger partial charge in [-0.2, -0.15) is 0 Å². The fourth-order valence-electron chi connectivity index (χ4n) is 6.69. The average Bonchev–Trinajstić information content (AvgIpc) is 2.79. The summed E-state index contributed by atoms with van der Waals surface area (Å²) in [6.45, 7) is 5.81. The van der Waals surface area contributed by atoms with Crippen LogP contribution in [0.5, 0.6) is 0 Å². The van der Waals surface area contributed by atoms with E-state index in [4.69, 9.17) is 4.74 Å². The summed E-state index contributed by atoms with van der Waals surface area (Å²) in [7, 11) is 0. The van der Waals surface area contributed by atoms with E-state index in [2.05, 4.69) is 13.0 Å². The molecule has 6 atom stereocenters. The van der Waals surface area contributed by atoms with Crippen molar-refractivity contribution in [2.45, 2.75) is 83.8 Å². The first-order valence-electron chi connectivity index (χ1n) is 9.83. The predicted octanol–water partition coefficient (Wildman–Crippen LogP) is 3.56. The van der Waals surface area contributed by atoms with Gasteiger partial charge >= 0.3 is 5.97 Å². The molecule has 0 spiro atoms. The van der Waals surface area contributed by atoms with Gasteiger partial charge in [0.1, 0.15) is 11.9 Å². The Bertz CT molecular complexity index is 652. The summed E-state index contributed by atoms with van der Waals surface area (Å²) in [4.78, 5) is 23.8. The monoisotopic (exact) mass is 346 g/mol. The first-order chi connectivity index (χ1) is 11.7. The smallest absolute Gasteiger partial charge is 0.302 e. The molecular formula is C21H30O4. The summed E-state index contributed by atoms with van der Waals surface area (Å²) in [6.07, 6.45) is 8.83. The first-order valence-corrected chi connectivity index (χ1v) is 9.83.